The van der Waals surface area contributed by atoms with Crippen LogP contribution in [0.1, 0.15) is 11.1 Å². The van der Waals surface area contributed by atoms with Gasteiger partial charge in [0.05, 0.1) is 66.6 Å². The first-order chi connectivity index (χ1) is 29.2. The van der Waals surface area contributed by atoms with Crippen LogP contribution in [0, 0.1) is 22.7 Å². The Balaban J connectivity index is 1.45. The topological polar surface area (TPSA) is 54.1 Å². The lowest BCUT2D eigenvalue weighted by atomic mass is 9.91. The van der Waals surface area contributed by atoms with Crippen LogP contribution in [-0.2, 0) is 0 Å². The third-order valence-electron chi connectivity index (χ3n) is 12.4. The number of para-hydroxylation sites is 1. The lowest BCUT2D eigenvalue weighted by molar-refractivity contribution is 1.29. The fourth-order valence-corrected chi connectivity index (χ4v) is 13.6. The number of hydrogen-bond acceptors (Lipinski definition) is 4. The minimum atomic E-state index is -1.74. The molecule has 0 saturated carbocycles. The molecule has 4 nitrogen and oxygen atoms in total. The van der Waals surface area contributed by atoms with Crippen molar-refractivity contribution in [3.63, 3.8) is 0 Å². The molecule has 0 aliphatic rings. The molecule has 0 N–H and O–H groups in total. The largest absolute Gasteiger partial charge is 0.310 e. The number of rotatable bonds is 10. The molecule has 0 amide bonds. The van der Waals surface area contributed by atoms with E-state index < -0.39 is 32.3 Å². The van der Waals surface area contributed by atoms with Crippen LogP contribution >= 0.6 is 0 Å². The summed E-state index contributed by atoms with van der Waals surface area (Å²) in [5.74, 6) is 0. The summed E-state index contributed by atoms with van der Waals surface area (Å²) in [6.07, 6.45) is 0. The van der Waals surface area contributed by atoms with Gasteiger partial charge in [0.25, 0.3) is 0 Å². The van der Waals surface area contributed by atoms with Gasteiger partial charge < -0.3 is 9.80 Å². The maximum Gasteiger partial charge on any atom is 0.101 e. The summed E-state index contributed by atoms with van der Waals surface area (Å²) in [5.41, 5.74) is 7.61. The minimum Gasteiger partial charge on any atom is -0.310 e. The molecule has 0 fully saturated rings. The summed E-state index contributed by atoms with van der Waals surface area (Å²) in [5, 5.41) is 33.3. The summed E-state index contributed by atoms with van der Waals surface area (Å²) < 4.78 is 0. The van der Waals surface area contributed by atoms with Crippen LogP contribution in [0.25, 0.3) is 32.3 Å². The minimum absolute atomic E-state index is 0.643. The van der Waals surface area contributed by atoms with E-state index in [-0.39, 0.29) is 0 Å². The van der Waals surface area contributed by atoms with Crippen molar-refractivity contribution in [1.82, 2.24) is 0 Å². The van der Waals surface area contributed by atoms with Crippen molar-refractivity contribution in [2.24, 2.45) is 0 Å². The van der Waals surface area contributed by atoms with Gasteiger partial charge in [-0.2, -0.15) is 10.5 Å². The fourth-order valence-electron chi connectivity index (χ4n) is 8.66. The van der Waals surface area contributed by atoms with Crippen molar-refractivity contribution >= 4 is 119 Å². The molecule has 8 aromatic rings. The third-order valence-corrected chi connectivity index (χ3v) is 20.5. The highest BCUT2D eigenvalue weighted by molar-refractivity contribution is 6.92. The molecule has 0 unspecified atom stereocenters. The van der Waals surface area contributed by atoms with Crippen molar-refractivity contribution in [1.29, 1.82) is 10.5 Å². The second-order valence-corrected chi connectivity index (χ2v) is 41.4. The Morgan fingerprint density at radius 2 is 0.774 bits per heavy atom. The molecule has 0 bridgehead atoms. The number of nitriles is 2. The molecular formula is C54H58N4Si4. The Morgan fingerprint density at radius 3 is 1.19 bits per heavy atom. The van der Waals surface area contributed by atoms with E-state index in [0.717, 1.165) is 39.5 Å². The molecule has 0 heterocycles. The Morgan fingerprint density at radius 1 is 0.371 bits per heavy atom. The lowest BCUT2D eigenvalue weighted by Gasteiger charge is -2.32. The average Bonchev–Trinajstić information content (AvgIpc) is 3.22. The van der Waals surface area contributed by atoms with Crippen molar-refractivity contribution in [2.75, 3.05) is 9.80 Å². The Bertz CT molecular complexity index is 3030. The fraction of sp³-hybridized carbons (Fsp3) is 0.222. The quantitative estimate of drug-likeness (QED) is 0.101. The first-order valence-electron chi connectivity index (χ1n) is 21.8. The van der Waals surface area contributed by atoms with Gasteiger partial charge in [-0.25, -0.2) is 0 Å². The van der Waals surface area contributed by atoms with E-state index in [1.54, 1.807) is 0 Å². The molecule has 0 radical (unpaired) electrons. The summed E-state index contributed by atoms with van der Waals surface area (Å²) in [4.78, 5) is 4.79. The molecule has 0 aliphatic carbocycles. The van der Waals surface area contributed by atoms with Gasteiger partial charge in [0.1, 0.15) is 6.07 Å². The van der Waals surface area contributed by atoms with Crippen LogP contribution in [0.4, 0.5) is 34.1 Å². The van der Waals surface area contributed by atoms with E-state index in [4.69, 9.17) is 0 Å². The molecule has 0 atom stereocenters. The van der Waals surface area contributed by atoms with E-state index in [2.05, 4.69) is 210 Å². The number of benzene rings is 8. The predicted molar refractivity (Wildman–Crippen MR) is 281 cm³/mol. The molecule has 0 aromatic heterocycles. The molecule has 310 valence electrons. The SMILES string of the molecule is C[Si](C)(C)c1cc(N(c2ccc(C#N)cc2)c2ccc3ccc4c(N(c5cc([Si](C)(C)C)cc([Si](C)(C)C)c5)c5ccccc5C#N)ccc5ccc2c3c54)cc([Si](C)(C)C)c1. The van der Waals surface area contributed by atoms with Gasteiger partial charge >= 0.3 is 0 Å². The van der Waals surface area contributed by atoms with Crippen molar-refractivity contribution in [3.05, 3.63) is 145 Å². The maximum atomic E-state index is 10.6. The maximum absolute atomic E-state index is 10.6. The standard InChI is InChI=1S/C54H58N4Si4/c1-59(2,3)44-29-42(30-45(33-44)60(4,5)6)57(41-23-17-37(35-55)18-24-41)51-27-21-38-20-26-49-52(28-22-39-19-25-48(51)53(38)54(39)49)58(50-16-14-13-15-40(50)36-56)43-31-46(61(7,8)9)34-47(32-43)62(10,11)12/h13-34H,1-12H3. The highest BCUT2D eigenvalue weighted by Gasteiger charge is 2.29. The summed E-state index contributed by atoms with van der Waals surface area (Å²) in [6.45, 7) is 29.2. The van der Waals surface area contributed by atoms with Crippen LogP contribution in [-0.4, -0.2) is 32.3 Å². The highest BCUT2D eigenvalue weighted by Crippen LogP contribution is 2.48. The van der Waals surface area contributed by atoms with Crippen molar-refractivity contribution in [3.8, 4) is 12.1 Å². The van der Waals surface area contributed by atoms with Gasteiger partial charge in [0, 0.05) is 27.8 Å². The van der Waals surface area contributed by atoms with Crippen LogP contribution in [0.15, 0.2) is 133 Å². The van der Waals surface area contributed by atoms with Gasteiger partial charge in [-0.3, -0.25) is 0 Å². The molecule has 0 saturated heterocycles. The molecule has 62 heavy (non-hydrogen) atoms. The number of nitrogens with zero attached hydrogens (tertiary/aromatic N) is 4. The summed E-state index contributed by atoms with van der Waals surface area (Å²) in [7, 11) is -6.93. The second-order valence-electron chi connectivity index (χ2n) is 21.1. The van der Waals surface area contributed by atoms with Gasteiger partial charge in [-0.1, -0.05) is 160 Å². The lowest BCUT2D eigenvalue weighted by Crippen LogP contribution is -2.45. The van der Waals surface area contributed by atoms with Gasteiger partial charge in [0.2, 0.25) is 0 Å². The molecule has 8 aromatic carbocycles. The molecule has 0 aliphatic heterocycles. The predicted octanol–water partition coefficient (Wildman–Crippen LogP) is 13.4. The zero-order chi connectivity index (χ0) is 44.5. The van der Waals surface area contributed by atoms with Crippen LogP contribution in [0.3, 0.4) is 0 Å². The van der Waals surface area contributed by atoms with E-state index in [9.17, 15) is 10.5 Å². The first kappa shape index (κ1) is 42.9. The third kappa shape index (κ3) is 7.93. The Hall–Kier alpha value is -5.75. The van der Waals surface area contributed by atoms with Crippen LogP contribution in [0.5, 0.6) is 0 Å². The van der Waals surface area contributed by atoms with Gasteiger partial charge in [-0.15, -0.1) is 0 Å². The van der Waals surface area contributed by atoms with Crippen LogP contribution < -0.4 is 30.5 Å². The average molecular weight is 875 g/mol. The Labute approximate surface area is 373 Å². The first-order valence-corrected chi connectivity index (χ1v) is 35.8. The van der Waals surface area contributed by atoms with E-state index in [1.807, 2.05) is 24.3 Å². The summed E-state index contributed by atoms with van der Waals surface area (Å²) in [6, 6.07) is 53.9. The number of hydrogen-bond donors (Lipinski definition) is 0. The van der Waals surface area contributed by atoms with Crippen LogP contribution in [0.2, 0.25) is 78.6 Å². The van der Waals surface area contributed by atoms with Crippen molar-refractivity contribution in [2.45, 2.75) is 78.6 Å². The number of anilines is 6. The normalized spacial score (nSPS) is 12.5. The monoisotopic (exact) mass is 874 g/mol. The zero-order valence-electron chi connectivity index (χ0n) is 38.5. The Kier molecular flexibility index (Phi) is 10.8. The molecule has 8 heteroatoms. The molecular weight excluding hydrogens is 817 g/mol. The zero-order valence-corrected chi connectivity index (χ0v) is 42.5. The van der Waals surface area contributed by atoms with E-state index in [0.29, 0.717) is 11.1 Å². The highest BCUT2D eigenvalue weighted by atomic mass is 28.3. The van der Waals surface area contributed by atoms with E-state index >= 15 is 0 Å². The molecule has 0 spiro atoms. The second kappa shape index (κ2) is 15.6. The smallest absolute Gasteiger partial charge is 0.101 e. The van der Waals surface area contributed by atoms with Gasteiger partial charge in [0.15, 0.2) is 0 Å². The molecule has 8 rings (SSSR count). The van der Waals surface area contributed by atoms with Crippen molar-refractivity contribution < 1.29 is 0 Å². The van der Waals surface area contributed by atoms with Gasteiger partial charge in [-0.05, 0) is 94.3 Å². The van der Waals surface area contributed by atoms with E-state index in [1.165, 1.54) is 47.7 Å². The summed E-state index contributed by atoms with van der Waals surface area (Å²) >= 11 is 0.